The third kappa shape index (κ3) is 32.7. The summed E-state index contributed by atoms with van der Waals surface area (Å²) in [5.41, 5.74) is -2.82. The number of rotatable bonds is 22. The van der Waals surface area contributed by atoms with Gasteiger partial charge in [-0.2, -0.15) is 11.8 Å². The number of nitrogens with zero attached hydrogens (tertiary/aromatic N) is 1. The first kappa shape index (κ1) is 96.2. The van der Waals surface area contributed by atoms with Crippen LogP contribution < -0.4 is 0 Å². The van der Waals surface area contributed by atoms with Crippen molar-refractivity contribution in [2.24, 2.45) is 69.0 Å². The molecule has 4 saturated carbocycles. The summed E-state index contributed by atoms with van der Waals surface area (Å²) in [6, 6.07) is 0. The third-order valence-corrected chi connectivity index (χ3v) is 22.8. The molecule has 3 heterocycles. The predicted octanol–water partition coefficient (Wildman–Crippen LogP) is 8.53. The van der Waals surface area contributed by atoms with Crippen LogP contribution in [0, 0.1) is 69.0 Å². The summed E-state index contributed by atoms with van der Waals surface area (Å²) in [7, 11) is 4.58. The highest BCUT2D eigenvalue weighted by Gasteiger charge is 2.50. The summed E-state index contributed by atoms with van der Waals surface area (Å²) in [5, 5.41) is 26.0. The minimum absolute atomic E-state index is 0.00510. The maximum atomic E-state index is 12.0. The molecular formula is C71H111Cl2NO29S2. The van der Waals surface area contributed by atoms with E-state index in [-0.39, 0.29) is 163 Å². The van der Waals surface area contributed by atoms with Crippen molar-refractivity contribution < 1.29 is 139 Å². The molecule has 3 N–H and O–H groups in total. The molecular weight excluding hydrogens is 1470 g/mol. The Morgan fingerprint density at radius 2 is 0.743 bits per heavy atom. The zero-order valence-electron chi connectivity index (χ0n) is 62.7. The molecule has 7 aliphatic rings. The summed E-state index contributed by atoms with van der Waals surface area (Å²) < 4.78 is 59.5. The number of hydrogen-bond donors (Lipinski definition) is 3. The van der Waals surface area contributed by atoms with Crippen LogP contribution in [0.1, 0.15) is 177 Å². The lowest BCUT2D eigenvalue weighted by Crippen LogP contribution is -2.48. The van der Waals surface area contributed by atoms with Crippen LogP contribution in [-0.4, -0.2) is 223 Å². The molecule has 3 saturated heterocycles. The van der Waals surface area contributed by atoms with Crippen molar-refractivity contribution in [3.8, 4) is 0 Å². The Bertz CT molecular complexity index is 2970. The number of likely N-dealkylation sites (tertiary alicyclic amines) is 1. The quantitative estimate of drug-likeness (QED) is 0.0395. The monoisotopic (exact) mass is 1580 g/mol. The lowest BCUT2D eigenvalue weighted by molar-refractivity contribution is -0.163. The molecule has 0 bridgehead atoms. The molecule has 4 aliphatic carbocycles. The minimum Gasteiger partial charge on any atom is -0.481 e. The molecule has 0 radical (unpaired) electrons. The van der Waals surface area contributed by atoms with E-state index >= 15 is 0 Å². The van der Waals surface area contributed by atoms with E-state index in [1.54, 1.807) is 46.4 Å². The van der Waals surface area contributed by atoms with E-state index in [2.05, 4.69) is 43.4 Å². The second-order valence-electron chi connectivity index (χ2n) is 27.3. The van der Waals surface area contributed by atoms with Gasteiger partial charge in [0.2, 0.25) is 10.5 Å². The van der Waals surface area contributed by atoms with E-state index in [0.29, 0.717) is 102 Å². The van der Waals surface area contributed by atoms with Gasteiger partial charge in [0.25, 0.3) is 0 Å². The number of carbonyl (C=O) groups is 15. The first-order valence-corrected chi connectivity index (χ1v) is 39.2. The van der Waals surface area contributed by atoms with Crippen molar-refractivity contribution >= 4 is 139 Å². The molecule has 1 amide bonds. The Morgan fingerprint density at radius 3 is 1.07 bits per heavy atom. The summed E-state index contributed by atoms with van der Waals surface area (Å²) in [6.45, 7) is 14.8. The SMILES string of the molecule is C=S1(=O)CCC(CC(=O)O)(C(=O)OCC)CC1.CCOC(=O)C1(CC(=O)O)CCN(C(=O)OC)CC1.CCOC(=O)C1(CC(=O)O)CCSCC1.CCOC(=O)C1CC(C)(C)CC1C(=O)OCC.COC(=O)C1CC(C(=O)OC)C1.COC(=O)C1CCC(C(=O)Cl)C1.COC(=O)C1CCCC(C(=O)Cl)C1. The van der Waals surface area contributed by atoms with E-state index in [9.17, 15) is 76.1 Å². The van der Waals surface area contributed by atoms with Gasteiger partial charge in [-0.3, -0.25) is 71.3 Å². The number of thioether (sulfide) groups is 1. The number of esters is 9. The molecule has 7 fully saturated rings. The Balaban J connectivity index is 0.000000616. The second kappa shape index (κ2) is 47.8. The van der Waals surface area contributed by atoms with Gasteiger partial charge in [-0.25, -0.2) is 4.79 Å². The number of carboxylic acid groups (broad SMARTS) is 3. The van der Waals surface area contributed by atoms with Gasteiger partial charge in [0, 0.05) is 36.4 Å². The molecule has 3 aliphatic heterocycles. The fourth-order valence-electron chi connectivity index (χ4n) is 13.3. The van der Waals surface area contributed by atoms with E-state index < -0.39 is 61.7 Å². The highest BCUT2D eigenvalue weighted by Crippen LogP contribution is 2.47. The van der Waals surface area contributed by atoms with Crippen LogP contribution in [0.3, 0.4) is 0 Å². The van der Waals surface area contributed by atoms with Crippen LogP contribution in [0.2, 0.25) is 0 Å². The van der Waals surface area contributed by atoms with Crippen LogP contribution in [0.15, 0.2) is 0 Å². The molecule has 34 heteroatoms. The zero-order chi connectivity index (χ0) is 80.1. The van der Waals surface area contributed by atoms with Crippen LogP contribution in [0.5, 0.6) is 0 Å². The van der Waals surface area contributed by atoms with Crippen molar-refractivity contribution in [1.29, 1.82) is 0 Å². The van der Waals surface area contributed by atoms with E-state index in [0.717, 1.165) is 37.2 Å². The van der Waals surface area contributed by atoms with Crippen molar-refractivity contribution in [3.05, 3.63) is 0 Å². The summed E-state index contributed by atoms with van der Waals surface area (Å²) in [6.07, 6.45) is 8.76. The molecule has 0 aromatic heterocycles. The summed E-state index contributed by atoms with van der Waals surface area (Å²) >= 11 is 12.4. The average molecular weight is 1580 g/mol. The highest BCUT2D eigenvalue weighted by atomic mass is 35.5. The van der Waals surface area contributed by atoms with Crippen molar-refractivity contribution in [2.45, 2.75) is 177 Å². The molecule has 0 spiro atoms. The zero-order valence-corrected chi connectivity index (χ0v) is 65.9. The smallest absolute Gasteiger partial charge is 0.409 e. The third-order valence-electron chi connectivity index (χ3n) is 19.3. The normalized spacial score (nSPS) is 25.5. The Hall–Kier alpha value is -6.80. The van der Waals surface area contributed by atoms with Gasteiger partial charge in [0.1, 0.15) is 0 Å². The fourth-order valence-corrected chi connectivity index (χ4v) is 16.7. The van der Waals surface area contributed by atoms with Gasteiger partial charge >= 0.3 is 77.7 Å². The van der Waals surface area contributed by atoms with Gasteiger partial charge in [0.05, 0.1) is 140 Å². The molecule has 0 aromatic rings. The highest BCUT2D eigenvalue weighted by molar-refractivity contribution is 8.00. The number of hydrogen-bond acceptors (Lipinski definition) is 27. The lowest BCUT2D eigenvalue weighted by atomic mass is 9.75. The molecule has 6 atom stereocenters. The largest absolute Gasteiger partial charge is 0.481 e. The number of ether oxygens (including phenoxy) is 10. The summed E-state index contributed by atoms with van der Waals surface area (Å²) in [5.74, 6) is -1.32. The number of piperidine rings is 1. The van der Waals surface area contributed by atoms with Gasteiger partial charge in [-0.15, -0.1) is 0 Å². The maximum absolute atomic E-state index is 12.0. The number of methoxy groups -OCH3 is 5. The van der Waals surface area contributed by atoms with Crippen molar-refractivity contribution in [1.82, 2.24) is 4.90 Å². The van der Waals surface area contributed by atoms with E-state index in [4.69, 9.17) is 62.2 Å². The molecule has 105 heavy (non-hydrogen) atoms. The van der Waals surface area contributed by atoms with Crippen molar-refractivity contribution in [3.63, 3.8) is 0 Å². The average Bonchev–Trinajstić information content (AvgIpc) is 1.77. The number of halogens is 2. The standard InChI is InChI=1S/C13H22O4.C12H19NO6.C11H18O5S.C10H16O4S.C9H13ClO3.C8H11ClO3.C8H12O4/c1-5-16-11(14)9-7-13(3,4)8-10(9)12(15)17-6-2;1-3-19-10(16)12(8-9(14)15)4-6-13(7-5-12)11(17)18-2;1-3-16-10(14)11(8-9(12)13)4-6-17(2,15)7-5-11;1-2-14-9(13)10(7-8(11)12)3-5-15-6-4-10;1-13-9(12)7-4-2-3-6(5-7)8(10)11;1-12-8(11)6-3-2-5(4-6)7(9)10;1-11-7(9)5-3-6(4-5)8(10)12-2/h9-10H,5-8H2,1-4H3;3-8H2,1-2H3,(H,14,15);2-8H2,1H3,(H,12,13);2-7H2,1H3,(H,11,12);6-7H,2-5H2,1H3;5-6H,2-4H2,1H3;5-6H,3-4H2,1-2H3. The minimum atomic E-state index is -2.14. The van der Waals surface area contributed by atoms with E-state index in [1.807, 2.05) is 0 Å². The van der Waals surface area contributed by atoms with Crippen LogP contribution in [0.4, 0.5) is 4.79 Å². The van der Waals surface area contributed by atoms with Gasteiger partial charge < -0.3 is 67.6 Å². The Labute approximate surface area is 629 Å². The topological polar surface area (TPSA) is 429 Å². The van der Waals surface area contributed by atoms with Crippen LogP contribution >= 0.6 is 35.0 Å². The number of carboxylic acids is 3. The Kier molecular flexibility index (Phi) is 43.8. The van der Waals surface area contributed by atoms with Crippen LogP contribution in [0.25, 0.3) is 0 Å². The van der Waals surface area contributed by atoms with Crippen molar-refractivity contribution in [2.75, 3.05) is 105 Å². The summed E-state index contributed by atoms with van der Waals surface area (Å²) in [4.78, 5) is 170. The molecule has 600 valence electrons. The maximum Gasteiger partial charge on any atom is 0.409 e. The lowest BCUT2D eigenvalue weighted by Gasteiger charge is -2.38. The molecule has 7 rings (SSSR count). The van der Waals surface area contributed by atoms with Gasteiger partial charge in [-0.1, -0.05) is 20.3 Å². The second-order valence-corrected chi connectivity index (χ2v) is 32.0. The Morgan fingerprint density at radius 1 is 0.438 bits per heavy atom. The number of amides is 1. The molecule has 0 aromatic carbocycles. The van der Waals surface area contributed by atoms with Gasteiger partial charge in [-0.05, 0) is 193 Å². The molecule has 6 unspecified atom stereocenters. The fraction of sp³-hybridized carbons (Fsp3) is 0.775. The number of carbonyl (C=O) groups excluding carboxylic acids is 12. The molecule has 30 nitrogen and oxygen atoms in total. The number of aliphatic carboxylic acids is 3. The predicted molar refractivity (Wildman–Crippen MR) is 383 cm³/mol. The van der Waals surface area contributed by atoms with Gasteiger partial charge in [0.15, 0.2) is 0 Å². The first-order valence-electron chi connectivity index (χ1n) is 35.2. The first-order chi connectivity index (χ1) is 49.3. The van der Waals surface area contributed by atoms with E-state index in [1.165, 1.54) is 40.4 Å². The van der Waals surface area contributed by atoms with Crippen LogP contribution in [-0.2, 0) is 124 Å².